The van der Waals surface area contributed by atoms with Gasteiger partial charge in [0.05, 0.1) is 12.1 Å². The predicted octanol–water partition coefficient (Wildman–Crippen LogP) is 3.90. The van der Waals surface area contributed by atoms with Gasteiger partial charge in [-0.15, -0.1) is 11.3 Å². The predicted molar refractivity (Wildman–Crippen MR) is 68.9 cm³/mol. The maximum Gasteiger partial charge on any atom is 0.357 e. The third kappa shape index (κ3) is 2.60. The lowest BCUT2D eigenvalue weighted by Crippen LogP contribution is -2.00. The fraction of sp³-hybridized carbons (Fsp3) is 0.0909. The quantitative estimate of drug-likeness (QED) is 0.787. The lowest BCUT2D eigenvalue weighted by Gasteiger charge is -2.00. The summed E-state index contributed by atoms with van der Waals surface area (Å²) in [4.78, 5) is 15.4. The summed E-state index contributed by atoms with van der Waals surface area (Å²) >= 11 is 13.2. The van der Waals surface area contributed by atoms with Crippen LogP contribution in [0.15, 0.2) is 23.6 Å². The van der Waals surface area contributed by atoms with E-state index in [1.165, 1.54) is 18.4 Å². The summed E-state index contributed by atoms with van der Waals surface area (Å²) in [5.41, 5.74) is 0.975. The van der Waals surface area contributed by atoms with Crippen LogP contribution in [0.3, 0.4) is 0 Å². The van der Waals surface area contributed by atoms with Crippen LogP contribution in [0.25, 0.3) is 10.6 Å². The Balaban J connectivity index is 2.43. The van der Waals surface area contributed by atoms with Gasteiger partial charge in [0.1, 0.15) is 5.01 Å². The average molecular weight is 288 g/mol. The van der Waals surface area contributed by atoms with E-state index >= 15 is 0 Å². The molecule has 0 radical (unpaired) electrons. The Hall–Kier alpha value is -1.10. The van der Waals surface area contributed by atoms with E-state index in [-0.39, 0.29) is 5.69 Å². The van der Waals surface area contributed by atoms with E-state index in [4.69, 9.17) is 23.2 Å². The molecular weight excluding hydrogens is 281 g/mol. The molecule has 0 atom stereocenters. The zero-order valence-electron chi connectivity index (χ0n) is 8.74. The van der Waals surface area contributed by atoms with Crippen LogP contribution in [-0.4, -0.2) is 18.1 Å². The summed E-state index contributed by atoms with van der Waals surface area (Å²) in [5, 5.41) is 3.37. The molecule has 88 valence electrons. The fourth-order valence-electron chi connectivity index (χ4n) is 1.26. The molecule has 0 aliphatic rings. The number of thiazole rings is 1. The van der Waals surface area contributed by atoms with E-state index in [2.05, 4.69) is 9.72 Å². The van der Waals surface area contributed by atoms with Crippen LogP contribution in [0.1, 0.15) is 10.5 Å². The number of benzene rings is 1. The van der Waals surface area contributed by atoms with Crippen LogP contribution >= 0.6 is 34.5 Å². The van der Waals surface area contributed by atoms with Crippen LogP contribution in [0.5, 0.6) is 0 Å². The highest BCUT2D eigenvalue weighted by Gasteiger charge is 2.13. The number of hydrogen-bond donors (Lipinski definition) is 0. The SMILES string of the molecule is COC(=O)c1csc(-c2cc(Cl)ccc2Cl)n1. The number of carbonyl (C=O) groups is 1. The number of methoxy groups -OCH3 is 1. The van der Waals surface area contributed by atoms with Gasteiger partial charge in [-0.1, -0.05) is 23.2 Å². The van der Waals surface area contributed by atoms with E-state index < -0.39 is 5.97 Å². The Labute approximate surface area is 112 Å². The van der Waals surface area contributed by atoms with E-state index in [1.807, 2.05) is 0 Å². The molecule has 1 heterocycles. The van der Waals surface area contributed by atoms with Gasteiger partial charge in [-0.05, 0) is 18.2 Å². The van der Waals surface area contributed by atoms with Gasteiger partial charge in [-0.2, -0.15) is 0 Å². The van der Waals surface area contributed by atoms with Gasteiger partial charge < -0.3 is 4.74 Å². The topological polar surface area (TPSA) is 39.2 Å². The molecule has 17 heavy (non-hydrogen) atoms. The Morgan fingerprint density at radius 2 is 2.18 bits per heavy atom. The van der Waals surface area contributed by atoms with Crippen LogP contribution in [0.4, 0.5) is 0 Å². The van der Waals surface area contributed by atoms with Gasteiger partial charge in [0.2, 0.25) is 0 Å². The molecular formula is C11H7Cl2NO2S. The molecule has 3 nitrogen and oxygen atoms in total. The van der Waals surface area contributed by atoms with Gasteiger partial charge >= 0.3 is 5.97 Å². The van der Waals surface area contributed by atoms with Crippen molar-refractivity contribution in [3.63, 3.8) is 0 Å². The van der Waals surface area contributed by atoms with Crippen molar-refractivity contribution in [3.05, 3.63) is 39.3 Å². The lowest BCUT2D eigenvalue weighted by molar-refractivity contribution is 0.0595. The van der Waals surface area contributed by atoms with Gasteiger partial charge in [0.25, 0.3) is 0 Å². The minimum atomic E-state index is -0.467. The standard InChI is InChI=1S/C11H7Cl2NO2S/c1-16-11(15)9-5-17-10(14-9)7-4-6(12)2-3-8(7)13/h2-5H,1H3. The molecule has 0 spiro atoms. The number of ether oxygens (including phenoxy) is 1. The second kappa shape index (κ2) is 5.04. The number of carbonyl (C=O) groups excluding carboxylic acids is 1. The Morgan fingerprint density at radius 3 is 2.88 bits per heavy atom. The van der Waals surface area contributed by atoms with E-state index in [1.54, 1.807) is 23.6 Å². The number of halogens is 2. The van der Waals surface area contributed by atoms with E-state index in [0.717, 1.165) is 0 Å². The largest absolute Gasteiger partial charge is 0.464 e. The molecule has 6 heteroatoms. The lowest BCUT2D eigenvalue weighted by atomic mass is 10.2. The number of rotatable bonds is 2. The fourth-order valence-corrected chi connectivity index (χ4v) is 2.51. The molecule has 0 aliphatic carbocycles. The minimum Gasteiger partial charge on any atom is -0.464 e. The average Bonchev–Trinajstić information content (AvgIpc) is 2.80. The maximum absolute atomic E-state index is 11.3. The summed E-state index contributed by atoms with van der Waals surface area (Å²) in [7, 11) is 1.31. The first-order valence-corrected chi connectivity index (χ1v) is 6.24. The van der Waals surface area contributed by atoms with Crippen molar-refractivity contribution in [2.45, 2.75) is 0 Å². The highest BCUT2D eigenvalue weighted by molar-refractivity contribution is 7.13. The van der Waals surface area contributed by atoms with E-state index in [0.29, 0.717) is 20.6 Å². The van der Waals surface area contributed by atoms with Crippen molar-refractivity contribution in [3.8, 4) is 10.6 Å². The van der Waals surface area contributed by atoms with Gasteiger partial charge in [0, 0.05) is 16.0 Å². The van der Waals surface area contributed by atoms with Crippen molar-refractivity contribution in [2.24, 2.45) is 0 Å². The smallest absolute Gasteiger partial charge is 0.357 e. The zero-order valence-corrected chi connectivity index (χ0v) is 11.1. The maximum atomic E-state index is 11.3. The first kappa shape index (κ1) is 12.4. The van der Waals surface area contributed by atoms with E-state index in [9.17, 15) is 4.79 Å². The second-order valence-corrected chi connectivity index (χ2v) is 4.86. The molecule has 0 amide bonds. The molecule has 1 aromatic heterocycles. The summed E-state index contributed by atoms with van der Waals surface area (Å²) in [6.07, 6.45) is 0. The van der Waals surface area contributed by atoms with Crippen molar-refractivity contribution < 1.29 is 9.53 Å². The molecule has 0 saturated heterocycles. The second-order valence-electron chi connectivity index (χ2n) is 3.15. The molecule has 2 aromatic rings. The third-order valence-corrected chi connectivity index (χ3v) is 3.50. The van der Waals surface area contributed by atoms with Crippen molar-refractivity contribution in [1.29, 1.82) is 0 Å². The molecule has 0 saturated carbocycles. The minimum absolute atomic E-state index is 0.267. The number of esters is 1. The first-order valence-electron chi connectivity index (χ1n) is 4.61. The Bertz CT molecular complexity index is 568. The zero-order chi connectivity index (χ0) is 12.4. The summed E-state index contributed by atoms with van der Waals surface area (Å²) in [5.74, 6) is -0.467. The molecule has 0 unspecified atom stereocenters. The summed E-state index contributed by atoms with van der Waals surface area (Å²) in [6, 6.07) is 5.10. The van der Waals surface area contributed by atoms with Crippen LogP contribution < -0.4 is 0 Å². The van der Waals surface area contributed by atoms with Crippen LogP contribution in [-0.2, 0) is 4.74 Å². The highest BCUT2D eigenvalue weighted by atomic mass is 35.5. The number of nitrogens with zero attached hydrogens (tertiary/aromatic N) is 1. The summed E-state index contributed by atoms with van der Waals surface area (Å²) < 4.78 is 4.59. The molecule has 2 rings (SSSR count). The molecule has 0 N–H and O–H groups in total. The van der Waals surface area contributed by atoms with Gasteiger partial charge in [0.15, 0.2) is 5.69 Å². The number of aromatic nitrogens is 1. The van der Waals surface area contributed by atoms with Crippen LogP contribution in [0.2, 0.25) is 10.0 Å². The van der Waals surface area contributed by atoms with Crippen molar-refractivity contribution in [1.82, 2.24) is 4.98 Å². The molecule has 0 bridgehead atoms. The Kier molecular flexibility index (Phi) is 3.66. The number of hydrogen-bond acceptors (Lipinski definition) is 4. The third-order valence-electron chi connectivity index (χ3n) is 2.06. The normalized spacial score (nSPS) is 10.3. The monoisotopic (exact) mass is 287 g/mol. The van der Waals surface area contributed by atoms with Gasteiger partial charge in [-0.3, -0.25) is 0 Å². The van der Waals surface area contributed by atoms with Gasteiger partial charge in [-0.25, -0.2) is 9.78 Å². The molecule has 0 fully saturated rings. The molecule has 1 aromatic carbocycles. The van der Waals surface area contributed by atoms with Crippen LogP contribution in [0, 0.1) is 0 Å². The van der Waals surface area contributed by atoms with Crippen molar-refractivity contribution in [2.75, 3.05) is 7.11 Å². The molecule has 0 aliphatic heterocycles. The highest BCUT2D eigenvalue weighted by Crippen LogP contribution is 2.32. The summed E-state index contributed by atoms with van der Waals surface area (Å²) in [6.45, 7) is 0. The van der Waals surface area contributed by atoms with Crippen molar-refractivity contribution >= 4 is 40.5 Å². The Morgan fingerprint density at radius 1 is 1.41 bits per heavy atom. The first-order chi connectivity index (χ1) is 8.11.